The zero-order valence-electron chi connectivity index (χ0n) is 13.8. The maximum atomic E-state index is 12.6. The molecule has 0 bridgehead atoms. The van der Waals surface area contributed by atoms with E-state index in [2.05, 4.69) is 14.8 Å². The smallest absolute Gasteiger partial charge is 0.337 e. The van der Waals surface area contributed by atoms with Gasteiger partial charge in [0.2, 0.25) is 0 Å². The average molecular weight is 382 g/mol. The van der Waals surface area contributed by atoms with Crippen molar-refractivity contribution in [2.24, 2.45) is 0 Å². The van der Waals surface area contributed by atoms with E-state index in [0.29, 0.717) is 16.6 Å². The molecule has 3 N–H and O–H groups in total. The van der Waals surface area contributed by atoms with Crippen molar-refractivity contribution in [3.63, 3.8) is 0 Å². The molecule has 0 fully saturated rings. The monoisotopic (exact) mass is 382 g/mol. The molecule has 0 saturated heterocycles. The number of aromatic nitrogens is 3. The molecule has 0 aliphatic rings. The molecule has 0 amide bonds. The first-order valence-electron chi connectivity index (χ1n) is 7.91. The summed E-state index contributed by atoms with van der Waals surface area (Å²) in [6.45, 7) is 0. The number of carboxylic acids is 1. The number of fused-ring (bicyclic) bond motifs is 1. The van der Waals surface area contributed by atoms with Gasteiger partial charge in [-0.2, -0.15) is 5.10 Å². The SMILES string of the molecule is O=C(O)c1c[nH]c2cc(NS(=O)(=O)c3cnn(-c4ccccc4)c3)ccc12. The van der Waals surface area contributed by atoms with E-state index in [1.54, 1.807) is 12.1 Å². The van der Waals surface area contributed by atoms with Crippen molar-refractivity contribution in [3.05, 3.63) is 72.7 Å². The Bertz CT molecular complexity index is 1240. The Morgan fingerprint density at radius 3 is 2.67 bits per heavy atom. The summed E-state index contributed by atoms with van der Waals surface area (Å²) in [5.41, 5.74) is 1.71. The Morgan fingerprint density at radius 1 is 1.15 bits per heavy atom. The lowest BCUT2D eigenvalue weighted by Crippen LogP contribution is -2.12. The number of hydrogen-bond donors (Lipinski definition) is 3. The molecule has 0 aliphatic carbocycles. The molecule has 9 heteroatoms. The summed E-state index contributed by atoms with van der Waals surface area (Å²) in [6.07, 6.45) is 4.06. The topological polar surface area (TPSA) is 117 Å². The zero-order valence-corrected chi connectivity index (χ0v) is 14.6. The van der Waals surface area contributed by atoms with Gasteiger partial charge in [-0.15, -0.1) is 0 Å². The minimum absolute atomic E-state index is 0.0177. The van der Waals surface area contributed by atoms with Gasteiger partial charge in [0.15, 0.2) is 0 Å². The van der Waals surface area contributed by atoms with Crippen LogP contribution in [0.2, 0.25) is 0 Å². The van der Waals surface area contributed by atoms with Crippen LogP contribution in [0.3, 0.4) is 0 Å². The van der Waals surface area contributed by atoms with E-state index in [1.807, 2.05) is 30.3 Å². The van der Waals surface area contributed by atoms with Gasteiger partial charge in [-0.3, -0.25) is 4.72 Å². The maximum absolute atomic E-state index is 12.6. The van der Waals surface area contributed by atoms with Crippen molar-refractivity contribution in [2.45, 2.75) is 4.90 Å². The van der Waals surface area contributed by atoms with Crippen molar-refractivity contribution in [1.29, 1.82) is 0 Å². The molecular formula is C18H14N4O4S. The van der Waals surface area contributed by atoms with Crippen molar-refractivity contribution in [2.75, 3.05) is 4.72 Å². The van der Waals surface area contributed by atoms with Gasteiger partial charge in [0.25, 0.3) is 10.0 Å². The molecule has 4 rings (SSSR count). The van der Waals surface area contributed by atoms with Gasteiger partial charge >= 0.3 is 5.97 Å². The second-order valence-corrected chi connectivity index (χ2v) is 7.51. The third-order valence-corrected chi connectivity index (χ3v) is 5.39. The second-order valence-electron chi connectivity index (χ2n) is 5.83. The highest BCUT2D eigenvalue weighted by atomic mass is 32.2. The molecule has 136 valence electrons. The van der Waals surface area contributed by atoms with Crippen LogP contribution in [0, 0.1) is 0 Å². The highest BCUT2D eigenvalue weighted by Crippen LogP contribution is 2.24. The first kappa shape index (κ1) is 16.9. The predicted molar refractivity (Wildman–Crippen MR) is 99.6 cm³/mol. The summed E-state index contributed by atoms with van der Waals surface area (Å²) in [5.74, 6) is -1.05. The van der Waals surface area contributed by atoms with E-state index in [9.17, 15) is 13.2 Å². The fourth-order valence-electron chi connectivity index (χ4n) is 2.75. The first-order chi connectivity index (χ1) is 12.9. The Hall–Kier alpha value is -3.59. The number of carboxylic acid groups (broad SMARTS) is 1. The van der Waals surface area contributed by atoms with Gasteiger partial charge in [-0.1, -0.05) is 18.2 Å². The number of carbonyl (C=O) groups is 1. The van der Waals surface area contributed by atoms with Crippen LogP contribution in [-0.2, 0) is 10.0 Å². The molecule has 0 aliphatic heterocycles. The lowest BCUT2D eigenvalue weighted by molar-refractivity contribution is 0.0699. The van der Waals surface area contributed by atoms with Crippen molar-refractivity contribution in [3.8, 4) is 5.69 Å². The zero-order chi connectivity index (χ0) is 19.0. The number of hydrogen-bond acceptors (Lipinski definition) is 4. The lowest BCUT2D eigenvalue weighted by Gasteiger charge is -2.06. The minimum atomic E-state index is -3.84. The predicted octanol–water partition coefficient (Wildman–Crippen LogP) is 2.85. The van der Waals surface area contributed by atoms with Gasteiger partial charge in [0.1, 0.15) is 4.90 Å². The number of nitrogens with one attached hydrogen (secondary N) is 2. The first-order valence-corrected chi connectivity index (χ1v) is 9.40. The molecule has 0 atom stereocenters. The molecule has 4 aromatic rings. The summed E-state index contributed by atoms with van der Waals surface area (Å²) in [7, 11) is -3.84. The number of benzene rings is 2. The fraction of sp³-hybridized carbons (Fsp3) is 0. The quantitative estimate of drug-likeness (QED) is 0.491. The van der Waals surface area contributed by atoms with E-state index in [-0.39, 0.29) is 10.5 Å². The molecule has 8 nitrogen and oxygen atoms in total. The van der Waals surface area contributed by atoms with Crippen molar-refractivity contribution in [1.82, 2.24) is 14.8 Å². The number of sulfonamides is 1. The molecule has 2 aromatic carbocycles. The third-order valence-electron chi connectivity index (χ3n) is 4.05. The van der Waals surface area contributed by atoms with Crippen LogP contribution in [-0.4, -0.2) is 34.3 Å². The van der Waals surface area contributed by atoms with E-state index in [4.69, 9.17) is 5.11 Å². The number of rotatable bonds is 5. The standard InChI is InChI=1S/C18H14N4O4S/c23-18(24)16-10-19-17-8-12(6-7-15(16)17)21-27(25,26)14-9-20-22(11-14)13-4-2-1-3-5-13/h1-11,19,21H,(H,23,24). The minimum Gasteiger partial charge on any atom is -0.478 e. The van der Waals surface area contributed by atoms with Crippen LogP contribution >= 0.6 is 0 Å². The van der Waals surface area contributed by atoms with Crippen LogP contribution in [0.25, 0.3) is 16.6 Å². The Labute approximate surface area is 154 Å². The Balaban J connectivity index is 1.63. The van der Waals surface area contributed by atoms with Gasteiger partial charge < -0.3 is 10.1 Å². The lowest BCUT2D eigenvalue weighted by atomic mass is 10.1. The van der Waals surface area contributed by atoms with E-state index in [1.165, 1.54) is 29.3 Å². The molecule has 2 aromatic heterocycles. The van der Waals surface area contributed by atoms with E-state index >= 15 is 0 Å². The van der Waals surface area contributed by atoms with Gasteiger partial charge in [0, 0.05) is 17.1 Å². The summed E-state index contributed by atoms with van der Waals surface area (Å²) < 4.78 is 29.2. The van der Waals surface area contributed by atoms with Gasteiger partial charge in [-0.25, -0.2) is 17.9 Å². The normalized spacial score (nSPS) is 11.6. The van der Waals surface area contributed by atoms with Gasteiger partial charge in [-0.05, 0) is 30.3 Å². The molecular weight excluding hydrogens is 368 g/mol. The van der Waals surface area contributed by atoms with Crippen LogP contribution < -0.4 is 4.72 Å². The number of nitrogens with zero attached hydrogens (tertiary/aromatic N) is 2. The highest BCUT2D eigenvalue weighted by Gasteiger charge is 2.18. The Kier molecular flexibility index (Phi) is 3.93. The summed E-state index contributed by atoms with van der Waals surface area (Å²) in [5, 5.41) is 13.7. The largest absolute Gasteiger partial charge is 0.478 e. The van der Waals surface area contributed by atoms with Crippen molar-refractivity contribution >= 4 is 32.6 Å². The number of para-hydroxylation sites is 1. The molecule has 0 saturated carbocycles. The van der Waals surface area contributed by atoms with E-state index in [0.717, 1.165) is 5.69 Å². The molecule has 0 spiro atoms. The van der Waals surface area contributed by atoms with Crippen LogP contribution in [0.5, 0.6) is 0 Å². The van der Waals surface area contributed by atoms with Crippen LogP contribution in [0.1, 0.15) is 10.4 Å². The molecule has 0 radical (unpaired) electrons. The van der Waals surface area contributed by atoms with E-state index < -0.39 is 16.0 Å². The fourth-order valence-corrected chi connectivity index (χ4v) is 3.73. The second kappa shape index (κ2) is 6.29. The number of anilines is 1. The molecule has 2 heterocycles. The Morgan fingerprint density at radius 2 is 1.93 bits per heavy atom. The number of aromatic amines is 1. The molecule has 0 unspecified atom stereocenters. The van der Waals surface area contributed by atoms with Gasteiger partial charge in [0.05, 0.1) is 29.3 Å². The highest BCUT2D eigenvalue weighted by molar-refractivity contribution is 7.92. The number of H-pyrrole nitrogens is 1. The molecule has 27 heavy (non-hydrogen) atoms. The van der Waals surface area contributed by atoms with Crippen LogP contribution in [0.15, 0.2) is 72.0 Å². The third kappa shape index (κ3) is 3.15. The average Bonchev–Trinajstić information content (AvgIpc) is 3.29. The summed E-state index contributed by atoms with van der Waals surface area (Å²) in [4.78, 5) is 14.0. The number of aromatic carboxylic acids is 1. The maximum Gasteiger partial charge on any atom is 0.337 e. The van der Waals surface area contributed by atoms with Crippen LogP contribution in [0.4, 0.5) is 5.69 Å². The van der Waals surface area contributed by atoms with Crippen molar-refractivity contribution < 1.29 is 18.3 Å². The summed E-state index contributed by atoms with van der Waals surface area (Å²) >= 11 is 0. The summed E-state index contributed by atoms with van der Waals surface area (Å²) in [6, 6.07) is 13.8.